The van der Waals surface area contributed by atoms with Gasteiger partial charge in [0.1, 0.15) is 0 Å². The van der Waals surface area contributed by atoms with Crippen LogP contribution in [0.4, 0.5) is 0 Å². The van der Waals surface area contributed by atoms with Gasteiger partial charge in [-0.3, -0.25) is 0 Å². The molecule has 0 radical (unpaired) electrons. The van der Waals surface area contributed by atoms with Gasteiger partial charge in [-0.05, 0) is 49.4 Å². The van der Waals surface area contributed by atoms with Gasteiger partial charge in [0.05, 0.1) is 4.90 Å². The van der Waals surface area contributed by atoms with Crippen LogP contribution in [0.25, 0.3) is 0 Å². The molecular formula is C15H21ClN2O2S. The molecule has 4 nitrogen and oxygen atoms in total. The fourth-order valence-corrected chi connectivity index (χ4v) is 4.27. The van der Waals surface area contributed by atoms with E-state index in [0.29, 0.717) is 22.5 Å². The minimum atomic E-state index is -3.44. The van der Waals surface area contributed by atoms with Gasteiger partial charge < -0.3 is 5.32 Å². The van der Waals surface area contributed by atoms with Crippen molar-refractivity contribution in [1.82, 2.24) is 10.0 Å². The normalized spacial score (nSPS) is 20.0. The van der Waals surface area contributed by atoms with Crippen LogP contribution in [0, 0.1) is 0 Å². The Kier molecular flexibility index (Phi) is 4.54. The van der Waals surface area contributed by atoms with E-state index in [1.807, 2.05) is 0 Å². The van der Waals surface area contributed by atoms with Gasteiger partial charge in [-0.15, -0.1) is 0 Å². The zero-order valence-corrected chi connectivity index (χ0v) is 13.5. The van der Waals surface area contributed by atoms with Gasteiger partial charge >= 0.3 is 0 Å². The highest BCUT2D eigenvalue weighted by Crippen LogP contribution is 2.25. The topological polar surface area (TPSA) is 58.2 Å². The summed E-state index contributed by atoms with van der Waals surface area (Å²) in [6.07, 6.45) is 6.46. The quantitative estimate of drug-likeness (QED) is 0.844. The number of benzene rings is 1. The molecule has 2 saturated carbocycles. The van der Waals surface area contributed by atoms with Crippen LogP contribution in [0.2, 0.25) is 5.02 Å². The number of rotatable bonds is 6. The lowest BCUT2D eigenvalue weighted by atomic mass is 10.2. The molecule has 0 spiro atoms. The molecular weight excluding hydrogens is 308 g/mol. The molecule has 0 atom stereocenters. The summed E-state index contributed by atoms with van der Waals surface area (Å²) in [6, 6.07) is 5.60. The molecule has 0 unspecified atom stereocenters. The van der Waals surface area contributed by atoms with E-state index in [9.17, 15) is 8.42 Å². The summed E-state index contributed by atoms with van der Waals surface area (Å²) in [5.41, 5.74) is 0.845. The second kappa shape index (κ2) is 6.24. The van der Waals surface area contributed by atoms with E-state index in [2.05, 4.69) is 10.0 Å². The Bertz CT molecular complexity index is 608. The van der Waals surface area contributed by atoms with Crippen molar-refractivity contribution in [1.29, 1.82) is 0 Å². The summed E-state index contributed by atoms with van der Waals surface area (Å²) in [6.45, 7) is 0.621. The van der Waals surface area contributed by atoms with E-state index < -0.39 is 10.0 Å². The third-order valence-electron chi connectivity index (χ3n) is 4.16. The molecule has 0 aromatic heterocycles. The van der Waals surface area contributed by atoms with E-state index >= 15 is 0 Å². The third kappa shape index (κ3) is 3.97. The largest absolute Gasteiger partial charge is 0.310 e. The maximum absolute atomic E-state index is 12.4. The molecule has 6 heteroatoms. The summed E-state index contributed by atoms with van der Waals surface area (Å²) in [4.78, 5) is 0.311. The van der Waals surface area contributed by atoms with Crippen molar-refractivity contribution in [2.75, 3.05) is 0 Å². The summed E-state index contributed by atoms with van der Waals surface area (Å²) >= 11 is 6.17. The van der Waals surface area contributed by atoms with E-state index in [4.69, 9.17) is 11.6 Å². The Labute approximate surface area is 131 Å². The molecule has 21 heavy (non-hydrogen) atoms. The van der Waals surface area contributed by atoms with Gasteiger partial charge in [0.25, 0.3) is 0 Å². The number of sulfonamides is 1. The van der Waals surface area contributed by atoms with Gasteiger partial charge in [-0.2, -0.15) is 0 Å². The lowest BCUT2D eigenvalue weighted by Crippen LogP contribution is -2.32. The summed E-state index contributed by atoms with van der Waals surface area (Å²) < 4.78 is 27.7. The van der Waals surface area contributed by atoms with E-state index in [1.54, 1.807) is 18.2 Å². The Balaban J connectivity index is 1.74. The standard InChI is InChI=1S/C15H21ClN2O2S/c16-15-8-7-14(9-11(15)10-17-12-5-6-12)21(19,20)18-13-3-1-2-4-13/h7-9,12-13,17-18H,1-6,10H2. The van der Waals surface area contributed by atoms with E-state index in [-0.39, 0.29) is 6.04 Å². The predicted octanol–water partition coefficient (Wildman–Crippen LogP) is 2.81. The van der Waals surface area contributed by atoms with Crippen molar-refractivity contribution in [2.45, 2.75) is 62.0 Å². The first kappa shape index (κ1) is 15.3. The number of halogens is 1. The molecule has 1 aromatic carbocycles. The van der Waals surface area contributed by atoms with Crippen LogP contribution in [0.3, 0.4) is 0 Å². The van der Waals surface area contributed by atoms with Gasteiger partial charge in [0, 0.05) is 23.7 Å². The van der Waals surface area contributed by atoms with Crippen LogP contribution in [-0.2, 0) is 16.6 Å². The van der Waals surface area contributed by atoms with Crippen molar-refractivity contribution >= 4 is 21.6 Å². The smallest absolute Gasteiger partial charge is 0.240 e. The SMILES string of the molecule is O=S(=O)(NC1CCCC1)c1ccc(Cl)c(CNC2CC2)c1. The first-order valence-corrected chi connectivity index (χ1v) is 9.45. The second-order valence-corrected chi connectivity index (χ2v) is 8.13. The maximum atomic E-state index is 12.4. The number of nitrogens with one attached hydrogen (secondary N) is 2. The average Bonchev–Trinajstić information content (AvgIpc) is 3.14. The molecule has 0 heterocycles. The molecule has 1 aromatic rings. The minimum Gasteiger partial charge on any atom is -0.310 e. The first-order chi connectivity index (χ1) is 10.0. The molecule has 3 rings (SSSR count). The van der Waals surface area contributed by atoms with Crippen molar-refractivity contribution < 1.29 is 8.42 Å². The molecule has 2 fully saturated rings. The Hall–Kier alpha value is -0.620. The third-order valence-corrected chi connectivity index (χ3v) is 6.05. The lowest BCUT2D eigenvalue weighted by molar-refractivity contribution is 0.552. The van der Waals surface area contributed by atoms with Crippen molar-refractivity contribution in [3.63, 3.8) is 0 Å². The number of hydrogen-bond acceptors (Lipinski definition) is 3. The van der Waals surface area contributed by atoms with E-state index in [1.165, 1.54) is 12.8 Å². The highest BCUT2D eigenvalue weighted by atomic mass is 35.5. The van der Waals surface area contributed by atoms with Crippen LogP contribution in [0.1, 0.15) is 44.1 Å². The summed E-state index contributed by atoms with van der Waals surface area (Å²) in [5, 5.41) is 3.98. The molecule has 2 aliphatic rings. The van der Waals surface area contributed by atoms with Crippen LogP contribution < -0.4 is 10.0 Å². The van der Waals surface area contributed by atoms with Crippen LogP contribution in [0.5, 0.6) is 0 Å². The highest BCUT2D eigenvalue weighted by Gasteiger charge is 2.24. The van der Waals surface area contributed by atoms with E-state index in [0.717, 1.165) is 31.2 Å². The lowest BCUT2D eigenvalue weighted by Gasteiger charge is -2.14. The first-order valence-electron chi connectivity index (χ1n) is 7.59. The fraction of sp³-hybridized carbons (Fsp3) is 0.600. The fourth-order valence-electron chi connectivity index (χ4n) is 2.73. The van der Waals surface area contributed by atoms with Crippen LogP contribution in [-0.4, -0.2) is 20.5 Å². The molecule has 0 amide bonds. The Morgan fingerprint density at radius 1 is 1.10 bits per heavy atom. The van der Waals surface area contributed by atoms with Crippen molar-refractivity contribution in [3.05, 3.63) is 28.8 Å². The highest BCUT2D eigenvalue weighted by molar-refractivity contribution is 7.89. The zero-order valence-electron chi connectivity index (χ0n) is 11.9. The molecule has 0 bridgehead atoms. The Morgan fingerprint density at radius 3 is 2.48 bits per heavy atom. The number of hydrogen-bond donors (Lipinski definition) is 2. The second-order valence-electron chi connectivity index (χ2n) is 6.01. The Morgan fingerprint density at radius 2 is 1.81 bits per heavy atom. The van der Waals surface area contributed by atoms with Gasteiger partial charge in [-0.25, -0.2) is 13.1 Å². The zero-order chi connectivity index (χ0) is 14.9. The van der Waals surface area contributed by atoms with Gasteiger partial charge in [0.2, 0.25) is 10.0 Å². The molecule has 116 valence electrons. The van der Waals surface area contributed by atoms with Crippen LogP contribution >= 0.6 is 11.6 Å². The summed E-state index contributed by atoms with van der Waals surface area (Å²) in [5.74, 6) is 0. The van der Waals surface area contributed by atoms with Crippen molar-refractivity contribution in [2.24, 2.45) is 0 Å². The molecule has 2 N–H and O–H groups in total. The molecule has 2 aliphatic carbocycles. The molecule has 0 aliphatic heterocycles. The molecule has 0 saturated heterocycles. The van der Waals surface area contributed by atoms with Crippen molar-refractivity contribution in [3.8, 4) is 0 Å². The monoisotopic (exact) mass is 328 g/mol. The van der Waals surface area contributed by atoms with Crippen LogP contribution in [0.15, 0.2) is 23.1 Å². The summed E-state index contributed by atoms with van der Waals surface area (Å²) in [7, 11) is -3.44. The minimum absolute atomic E-state index is 0.0821. The predicted molar refractivity (Wildman–Crippen MR) is 83.9 cm³/mol. The maximum Gasteiger partial charge on any atom is 0.240 e. The van der Waals surface area contributed by atoms with Gasteiger partial charge in [-0.1, -0.05) is 24.4 Å². The van der Waals surface area contributed by atoms with Gasteiger partial charge in [0.15, 0.2) is 0 Å². The average molecular weight is 329 g/mol.